The molecule has 3 aromatic carbocycles. The zero-order valence-corrected chi connectivity index (χ0v) is 15.5. The molecule has 4 aromatic rings. The Morgan fingerprint density at radius 3 is 2.67 bits per heavy atom. The van der Waals surface area contributed by atoms with Crippen molar-refractivity contribution in [2.75, 3.05) is 11.9 Å². The Hall–Kier alpha value is -2.89. The van der Waals surface area contributed by atoms with Crippen LogP contribution in [0.4, 0.5) is 5.69 Å². The van der Waals surface area contributed by atoms with Gasteiger partial charge in [-0.2, -0.15) is 0 Å². The lowest BCUT2D eigenvalue weighted by Crippen LogP contribution is -2.20. The number of nitrogens with one attached hydrogen (secondary N) is 1. The van der Waals surface area contributed by atoms with Crippen LogP contribution in [0.3, 0.4) is 0 Å². The molecule has 4 rings (SSSR count). The highest BCUT2D eigenvalue weighted by Gasteiger charge is 2.11. The molecule has 0 aliphatic carbocycles. The third kappa shape index (κ3) is 3.79. The Morgan fingerprint density at radius 1 is 1.00 bits per heavy atom. The molecule has 0 atom stereocenters. The average molecular weight is 398 g/mol. The first-order valence-corrected chi connectivity index (χ1v) is 8.87. The molecular formula is C20H13Cl2N3O2. The highest BCUT2D eigenvalue weighted by molar-refractivity contribution is 6.38. The van der Waals surface area contributed by atoms with Crippen LogP contribution in [-0.4, -0.2) is 22.5 Å². The Balaban J connectivity index is 1.50. The first kappa shape index (κ1) is 17.5. The molecule has 0 spiro atoms. The largest absolute Gasteiger partial charge is 0.467 e. The average Bonchev–Trinajstić information content (AvgIpc) is 2.66. The Bertz CT molecular complexity index is 1160. The van der Waals surface area contributed by atoms with E-state index in [9.17, 15) is 4.79 Å². The minimum atomic E-state index is -0.301. The maximum absolute atomic E-state index is 12.3. The number of halogens is 2. The summed E-state index contributed by atoms with van der Waals surface area (Å²) in [5, 5.41) is 6.35. The Kier molecular flexibility index (Phi) is 4.79. The summed E-state index contributed by atoms with van der Waals surface area (Å²) in [7, 11) is 0. The van der Waals surface area contributed by atoms with E-state index in [1.807, 2.05) is 42.5 Å². The van der Waals surface area contributed by atoms with Crippen molar-refractivity contribution in [2.45, 2.75) is 0 Å². The summed E-state index contributed by atoms with van der Waals surface area (Å²) in [6.45, 7) is -0.205. The van der Waals surface area contributed by atoms with E-state index in [4.69, 9.17) is 27.9 Å². The van der Waals surface area contributed by atoms with Gasteiger partial charge in [0.15, 0.2) is 6.61 Å². The van der Waals surface area contributed by atoms with Crippen molar-refractivity contribution in [2.24, 2.45) is 0 Å². The van der Waals surface area contributed by atoms with Crippen LogP contribution in [0, 0.1) is 0 Å². The number of hydrogen-bond donors (Lipinski definition) is 1. The van der Waals surface area contributed by atoms with Gasteiger partial charge in [0.2, 0.25) is 5.88 Å². The second-order valence-electron chi connectivity index (χ2n) is 5.86. The fraction of sp³-hybridized carbons (Fsp3) is 0.0500. The van der Waals surface area contributed by atoms with Crippen LogP contribution in [0.2, 0.25) is 10.0 Å². The van der Waals surface area contributed by atoms with Crippen LogP contribution in [0.1, 0.15) is 0 Å². The number of nitrogens with zero attached hydrogens (tertiary/aromatic N) is 2. The first-order valence-electron chi connectivity index (χ1n) is 8.11. The second-order valence-corrected chi connectivity index (χ2v) is 6.71. The quantitative estimate of drug-likeness (QED) is 0.519. The van der Waals surface area contributed by atoms with Crippen LogP contribution in [-0.2, 0) is 4.79 Å². The molecule has 0 radical (unpaired) electrons. The lowest BCUT2D eigenvalue weighted by Gasteiger charge is -2.10. The van der Waals surface area contributed by atoms with Crippen LogP contribution in [0.5, 0.6) is 5.88 Å². The van der Waals surface area contributed by atoms with Gasteiger partial charge in [-0.25, -0.2) is 9.97 Å². The summed E-state index contributed by atoms with van der Waals surface area (Å²) in [6, 6.07) is 16.9. The molecule has 27 heavy (non-hydrogen) atoms. The summed E-state index contributed by atoms with van der Waals surface area (Å²) in [5.41, 5.74) is 1.21. The van der Waals surface area contributed by atoms with Gasteiger partial charge in [0.25, 0.3) is 5.91 Å². The number of carbonyl (C=O) groups is 1. The smallest absolute Gasteiger partial charge is 0.262 e. The van der Waals surface area contributed by atoms with Crippen LogP contribution in [0.25, 0.3) is 21.7 Å². The van der Waals surface area contributed by atoms with Crippen molar-refractivity contribution in [1.29, 1.82) is 0 Å². The van der Waals surface area contributed by atoms with Gasteiger partial charge in [-0.3, -0.25) is 4.79 Å². The minimum absolute atomic E-state index is 0.205. The topological polar surface area (TPSA) is 64.1 Å². The maximum atomic E-state index is 12.3. The molecule has 0 saturated heterocycles. The predicted octanol–water partition coefficient (Wildman–Crippen LogP) is 5.11. The van der Waals surface area contributed by atoms with Gasteiger partial charge < -0.3 is 10.1 Å². The van der Waals surface area contributed by atoms with E-state index in [2.05, 4.69) is 15.3 Å². The van der Waals surface area contributed by atoms with E-state index in [0.29, 0.717) is 26.6 Å². The van der Waals surface area contributed by atoms with E-state index < -0.39 is 0 Å². The van der Waals surface area contributed by atoms with Gasteiger partial charge in [0.05, 0.1) is 15.9 Å². The molecular weight excluding hydrogens is 385 g/mol. The lowest BCUT2D eigenvalue weighted by atomic mass is 10.1. The fourth-order valence-electron chi connectivity index (χ4n) is 2.78. The van der Waals surface area contributed by atoms with E-state index in [1.165, 1.54) is 6.33 Å². The Labute approximate surface area is 164 Å². The third-order valence-electron chi connectivity index (χ3n) is 3.99. The molecule has 0 aliphatic heterocycles. The van der Waals surface area contributed by atoms with E-state index in [1.54, 1.807) is 12.1 Å². The minimum Gasteiger partial charge on any atom is -0.467 e. The maximum Gasteiger partial charge on any atom is 0.262 e. The van der Waals surface area contributed by atoms with Gasteiger partial charge >= 0.3 is 0 Å². The summed E-state index contributed by atoms with van der Waals surface area (Å²) in [5.74, 6) is -0.0526. The van der Waals surface area contributed by atoms with Gasteiger partial charge in [0, 0.05) is 10.7 Å². The molecule has 5 nitrogen and oxygen atoms in total. The molecule has 0 saturated carbocycles. The zero-order valence-electron chi connectivity index (χ0n) is 13.9. The third-order valence-corrected chi connectivity index (χ3v) is 4.50. The Morgan fingerprint density at radius 2 is 1.81 bits per heavy atom. The molecule has 1 amide bonds. The van der Waals surface area contributed by atoms with Gasteiger partial charge in [-0.15, -0.1) is 0 Å². The van der Waals surface area contributed by atoms with E-state index in [-0.39, 0.29) is 18.4 Å². The van der Waals surface area contributed by atoms with Crippen molar-refractivity contribution in [3.8, 4) is 5.88 Å². The number of ether oxygens (including phenoxy) is 1. The van der Waals surface area contributed by atoms with Crippen LogP contribution < -0.4 is 10.1 Å². The van der Waals surface area contributed by atoms with Crippen molar-refractivity contribution in [3.63, 3.8) is 0 Å². The summed E-state index contributed by atoms with van der Waals surface area (Å²) < 4.78 is 5.57. The summed E-state index contributed by atoms with van der Waals surface area (Å²) in [6.07, 6.45) is 1.33. The van der Waals surface area contributed by atoms with Crippen LogP contribution in [0.15, 0.2) is 60.9 Å². The van der Waals surface area contributed by atoms with Gasteiger partial charge in [-0.05, 0) is 35.0 Å². The lowest BCUT2D eigenvalue weighted by molar-refractivity contribution is -0.118. The molecule has 1 aromatic heterocycles. The van der Waals surface area contributed by atoms with Crippen molar-refractivity contribution < 1.29 is 9.53 Å². The molecule has 134 valence electrons. The summed E-state index contributed by atoms with van der Waals surface area (Å²) in [4.78, 5) is 20.5. The number of amides is 1. The van der Waals surface area contributed by atoms with Gasteiger partial charge in [-0.1, -0.05) is 53.5 Å². The number of benzene rings is 3. The zero-order chi connectivity index (χ0) is 18.8. The van der Waals surface area contributed by atoms with Crippen LogP contribution >= 0.6 is 23.2 Å². The van der Waals surface area contributed by atoms with E-state index in [0.717, 1.165) is 10.8 Å². The molecule has 1 heterocycles. The highest BCUT2D eigenvalue weighted by Crippen LogP contribution is 2.30. The SMILES string of the molecule is O=C(COc1ncnc2c(Cl)cc(Cl)cc12)Nc1ccc2ccccc2c1. The molecule has 0 fully saturated rings. The molecule has 0 bridgehead atoms. The molecule has 1 N–H and O–H groups in total. The van der Waals surface area contributed by atoms with Gasteiger partial charge in [0.1, 0.15) is 6.33 Å². The predicted molar refractivity (Wildman–Crippen MR) is 108 cm³/mol. The molecule has 7 heteroatoms. The van der Waals surface area contributed by atoms with Crippen molar-refractivity contribution >= 4 is 56.5 Å². The second kappa shape index (κ2) is 7.39. The first-order chi connectivity index (χ1) is 13.1. The number of fused-ring (bicyclic) bond motifs is 2. The highest BCUT2D eigenvalue weighted by atomic mass is 35.5. The molecule has 0 unspecified atom stereocenters. The summed E-state index contributed by atoms with van der Waals surface area (Å²) >= 11 is 12.2. The van der Waals surface area contributed by atoms with Crippen molar-refractivity contribution in [3.05, 3.63) is 71.0 Å². The molecule has 0 aliphatic rings. The van der Waals surface area contributed by atoms with Crippen molar-refractivity contribution in [1.82, 2.24) is 9.97 Å². The number of carbonyl (C=O) groups excluding carboxylic acids is 1. The fourth-order valence-corrected chi connectivity index (χ4v) is 3.32. The van der Waals surface area contributed by atoms with E-state index >= 15 is 0 Å². The number of rotatable bonds is 4. The number of aromatic nitrogens is 2. The number of anilines is 1. The standard InChI is InChI=1S/C20H13Cl2N3O2/c21-14-8-16-19(17(22)9-14)23-11-24-20(16)27-10-18(26)25-15-6-5-12-3-1-2-4-13(12)7-15/h1-9,11H,10H2,(H,25,26). The normalized spacial score (nSPS) is 10.9. The number of hydrogen-bond acceptors (Lipinski definition) is 4. The monoisotopic (exact) mass is 397 g/mol.